The fraction of sp³-hybridized carbons (Fsp3) is 0.273. The van der Waals surface area contributed by atoms with Gasteiger partial charge >= 0.3 is 0 Å². The minimum absolute atomic E-state index is 0.612. The van der Waals surface area contributed by atoms with Crippen molar-refractivity contribution in [3.63, 3.8) is 0 Å². The van der Waals surface area contributed by atoms with E-state index in [0.29, 0.717) is 5.88 Å². The minimum Gasteiger partial charge on any atom is -0.122 e. The largest absolute Gasteiger partial charge is 0.122 e. The predicted molar refractivity (Wildman–Crippen MR) is 63.2 cm³/mol. The zero-order valence-electron chi connectivity index (χ0n) is 7.56. The predicted octanol–water partition coefficient (Wildman–Crippen LogP) is 3.83. The van der Waals surface area contributed by atoms with Crippen LogP contribution in [0.25, 0.3) is 0 Å². The molecule has 0 saturated heterocycles. The molecular weight excluding hydrogens is 247 g/mol. The Morgan fingerprint density at radius 1 is 1.31 bits per heavy atom. The van der Waals surface area contributed by atoms with E-state index in [1.807, 2.05) is 37.3 Å². The lowest BCUT2D eigenvalue weighted by atomic mass is 10.2. The van der Waals surface area contributed by atoms with E-state index in [4.69, 9.17) is 11.6 Å². The third-order valence-electron chi connectivity index (χ3n) is 1.24. The first kappa shape index (κ1) is 12.6. The van der Waals surface area contributed by atoms with Crippen molar-refractivity contribution in [1.29, 1.82) is 0 Å². The van der Waals surface area contributed by atoms with Gasteiger partial charge in [0.05, 0.1) is 5.33 Å². The van der Waals surface area contributed by atoms with Gasteiger partial charge < -0.3 is 0 Å². The molecule has 0 fully saturated rings. The summed E-state index contributed by atoms with van der Waals surface area (Å²) in [6.07, 6.45) is 0. The SMILES string of the molecule is CC#CCBr.ClCc1ccccc1. The molecule has 1 rings (SSSR count). The summed E-state index contributed by atoms with van der Waals surface area (Å²) in [5.41, 5.74) is 1.18. The number of halogens is 2. The number of benzene rings is 1. The summed E-state index contributed by atoms with van der Waals surface area (Å²) in [6.45, 7) is 1.82. The van der Waals surface area contributed by atoms with Crippen molar-refractivity contribution in [3.8, 4) is 11.8 Å². The van der Waals surface area contributed by atoms with Crippen LogP contribution in [0.2, 0.25) is 0 Å². The summed E-state index contributed by atoms with van der Waals surface area (Å²) in [5, 5.41) is 0.795. The fourth-order valence-electron chi connectivity index (χ4n) is 0.634. The average Bonchev–Trinajstić information content (AvgIpc) is 2.21. The van der Waals surface area contributed by atoms with Gasteiger partial charge in [0.25, 0.3) is 0 Å². The Balaban J connectivity index is 0.000000252. The van der Waals surface area contributed by atoms with Crippen molar-refractivity contribution >= 4 is 27.5 Å². The summed E-state index contributed by atoms with van der Waals surface area (Å²) in [4.78, 5) is 0. The van der Waals surface area contributed by atoms with E-state index >= 15 is 0 Å². The molecule has 1 aromatic rings. The molecule has 13 heavy (non-hydrogen) atoms. The first-order valence-corrected chi connectivity index (χ1v) is 5.56. The van der Waals surface area contributed by atoms with Crippen molar-refractivity contribution in [1.82, 2.24) is 0 Å². The lowest BCUT2D eigenvalue weighted by molar-refractivity contribution is 1.41. The Bertz CT molecular complexity index is 258. The van der Waals surface area contributed by atoms with Gasteiger partial charge in [-0.15, -0.1) is 17.5 Å². The minimum atomic E-state index is 0.612. The molecule has 0 N–H and O–H groups in total. The third kappa shape index (κ3) is 7.90. The molecule has 1 aromatic carbocycles. The van der Waals surface area contributed by atoms with Crippen LogP contribution in [0, 0.1) is 11.8 Å². The molecule has 0 spiro atoms. The summed E-state index contributed by atoms with van der Waals surface area (Å²) in [7, 11) is 0. The molecular formula is C11H12BrCl. The molecule has 0 aromatic heterocycles. The van der Waals surface area contributed by atoms with Crippen LogP contribution in [0.15, 0.2) is 30.3 Å². The molecule has 70 valence electrons. The molecule has 0 aliphatic heterocycles. The van der Waals surface area contributed by atoms with Gasteiger partial charge in [-0.2, -0.15) is 0 Å². The maximum atomic E-state index is 5.53. The third-order valence-corrected chi connectivity index (χ3v) is 1.83. The molecule has 0 amide bonds. The number of alkyl halides is 2. The Kier molecular flexibility index (Phi) is 9.30. The zero-order chi connectivity index (χ0) is 9.94. The van der Waals surface area contributed by atoms with Crippen molar-refractivity contribution in [2.45, 2.75) is 12.8 Å². The molecule has 0 aliphatic carbocycles. The van der Waals surface area contributed by atoms with Crippen LogP contribution < -0.4 is 0 Å². The molecule has 0 heterocycles. The lowest BCUT2D eigenvalue weighted by Gasteiger charge is -1.88. The van der Waals surface area contributed by atoms with Gasteiger partial charge in [-0.1, -0.05) is 52.2 Å². The fourth-order valence-corrected chi connectivity index (χ4v) is 1.09. The smallest absolute Gasteiger partial charge is 0.0645 e. The Hall–Kier alpha value is -0.450. The van der Waals surface area contributed by atoms with E-state index in [0.717, 1.165) is 5.33 Å². The van der Waals surface area contributed by atoms with Crippen LogP contribution in [-0.2, 0) is 5.88 Å². The van der Waals surface area contributed by atoms with E-state index in [1.54, 1.807) is 0 Å². The van der Waals surface area contributed by atoms with Gasteiger partial charge in [-0.25, -0.2) is 0 Å². The standard InChI is InChI=1S/C7H7Cl.C4H5Br/c8-6-7-4-2-1-3-5-7;1-2-3-4-5/h1-5H,6H2;4H2,1H3. The number of hydrogen-bond donors (Lipinski definition) is 0. The summed E-state index contributed by atoms with van der Waals surface area (Å²) in [5.74, 6) is 6.11. The summed E-state index contributed by atoms with van der Waals surface area (Å²) < 4.78 is 0. The molecule has 0 radical (unpaired) electrons. The van der Waals surface area contributed by atoms with Gasteiger partial charge in [0, 0.05) is 5.88 Å². The van der Waals surface area contributed by atoms with E-state index in [9.17, 15) is 0 Å². The second-order valence-electron chi connectivity index (χ2n) is 2.18. The summed E-state index contributed by atoms with van der Waals surface area (Å²) >= 11 is 8.66. The van der Waals surface area contributed by atoms with Gasteiger partial charge in [-0.05, 0) is 12.5 Å². The zero-order valence-corrected chi connectivity index (χ0v) is 9.90. The highest BCUT2D eigenvalue weighted by Crippen LogP contribution is 2.00. The molecule has 0 nitrogen and oxygen atoms in total. The van der Waals surface area contributed by atoms with E-state index in [-0.39, 0.29) is 0 Å². The lowest BCUT2D eigenvalue weighted by Crippen LogP contribution is -1.71. The topological polar surface area (TPSA) is 0 Å². The second kappa shape index (κ2) is 9.64. The van der Waals surface area contributed by atoms with E-state index < -0.39 is 0 Å². The van der Waals surface area contributed by atoms with E-state index in [2.05, 4.69) is 27.8 Å². The van der Waals surface area contributed by atoms with Crippen LogP contribution >= 0.6 is 27.5 Å². The maximum Gasteiger partial charge on any atom is 0.0645 e. The first-order valence-electron chi connectivity index (χ1n) is 3.90. The first-order chi connectivity index (χ1) is 6.35. The van der Waals surface area contributed by atoms with Crippen LogP contribution in [0.5, 0.6) is 0 Å². The van der Waals surface area contributed by atoms with Crippen LogP contribution in [0.1, 0.15) is 12.5 Å². The highest BCUT2D eigenvalue weighted by Gasteiger charge is 1.81. The highest BCUT2D eigenvalue weighted by molar-refractivity contribution is 9.09. The molecule has 0 aliphatic rings. The van der Waals surface area contributed by atoms with Gasteiger partial charge in [-0.3, -0.25) is 0 Å². The Morgan fingerprint density at radius 2 is 1.92 bits per heavy atom. The molecule has 0 atom stereocenters. The van der Waals surface area contributed by atoms with Crippen molar-refractivity contribution < 1.29 is 0 Å². The van der Waals surface area contributed by atoms with Crippen molar-refractivity contribution in [3.05, 3.63) is 35.9 Å². The Labute approximate surface area is 93.4 Å². The second-order valence-corrected chi connectivity index (χ2v) is 3.01. The monoisotopic (exact) mass is 258 g/mol. The highest BCUT2D eigenvalue weighted by atomic mass is 79.9. The van der Waals surface area contributed by atoms with Crippen LogP contribution in [0.3, 0.4) is 0 Å². The molecule has 0 saturated carbocycles. The van der Waals surface area contributed by atoms with Gasteiger partial charge in [0.1, 0.15) is 0 Å². The molecule has 0 unspecified atom stereocenters. The van der Waals surface area contributed by atoms with Gasteiger partial charge in [0.15, 0.2) is 0 Å². The molecule has 2 heteroatoms. The molecule has 0 bridgehead atoms. The number of hydrogen-bond acceptors (Lipinski definition) is 0. The van der Waals surface area contributed by atoms with Crippen LogP contribution in [-0.4, -0.2) is 5.33 Å². The van der Waals surface area contributed by atoms with E-state index in [1.165, 1.54) is 5.56 Å². The average molecular weight is 260 g/mol. The Morgan fingerprint density at radius 3 is 2.15 bits per heavy atom. The van der Waals surface area contributed by atoms with Gasteiger partial charge in [0.2, 0.25) is 0 Å². The number of rotatable bonds is 1. The maximum absolute atomic E-state index is 5.53. The van der Waals surface area contributed by atoms with Crippen LogP contribution in [0.4, 0.5) is 0 Å². The quantitative estimate of drug-likeness (QED) is 0.531. The van der Waals surface area contributed by atoms with Crippen molar-refractivity contribution in [2.75, 3.05) is 5.33 Å². The summed E-state index contributed by atoms with van der Waals surface area (Å²) in [6, 6.07) is 9.96. The van der Waals surface area contributed by atoms with Crippen molar-refractivity contribution in [2.24, 2.45) is 0 Å². The normalized spacial score (nSPS) is 7.62.